The standard InChI is InChI=1S/C13H17BrFN3O2/c1-8(12(19)16-2)7-18(3)13(20)17-11-5-9(14)4-10(15)6-11/h4-6,8H,7H2,1-3H3,(H,16,19)(H,17,20)/t8-/m0/s1. The van der Waals surface area contributed by atoms with Crippen LogP contribution in [0.2, 0.25) is 0 Å². The second kappa shape index (κ2) is 7.23. The molecule has 3 amide bonds. The van der Waals surface area contributed by atoms with Gasteiger partial charge in [0.05, 0.1) is 5.92 Å². The van der Waals surface area contributed by atoms with Gasteiger partial charge in [0.1, 0.15) is 5.82 Å². The lowest BCUT2D eigenvalue weighted by molar-refractivity contribution is -0.124. The van der Waals surface area contributed by atoms with Crippen molar-refractivity contribution in [1.82, 2.24) is 10.2 Å². The molecule has 0 spiro atoms. The average Bonchev–Trinajstić information content (AvgIpc) is 2.36. The smallest absolute Gasteiger partial charge is 0.321 e. The normalized spacial score (nSPS) is 11.7. The van der Waals surface area contributed by atoms with Crippen LogP contribution in [0.4, 0.5) is 14.9 Å². The van der Waals surface area contributed by atoms with Crippen LogP contribution < -0.4 is 10.6 Å². The van der Waals surface area contributed by atoms with Crippen molar-refractivity contribution < 1.29 is 14.0 Å². The maximum absolute atomic E-state index is 13.2. The molecule has 0 radical (unpaired) electrons. The average molecular weight is 346 g/mol. The number of benzene rings is 1. The molecule has 1 atom stereocenters. The third kappa shape index (κ3) is 4.80. The van der Waals surface area contributed by atoms with E-state index in [1.165, 1.54) is 17.0 Å². The quantitative estimate of drug-likeness (QED) is 0.880. The van der Waals surface area contributed by atoms with Crippen molar-refractivity contribution in [3.63, 3.8) is 0 Å². The van der Waals surface area contributed by atoms with Crippen LogP contribution in [0.3, 0.4) is 0 Å². The van der Waals surface area contributed by atoms with E-state index < -0.39 is 11.8 Å². The van der Waals surface area contributed by atoms with Gasteiger partial charge >= 0.3 is 6.03 Å². The molecular formula is C13H17BrFN3O2. The lowest BCUT2D eigenvalue weighted by Gasteiger charge is -2.21. The summed E-state index contributed by atoms with van der Waals surface area (Å²) in [6.07, 6.45) is 0. The zero-order valence-electron chi connectivity index (χ0n) is 11.5. The summed E-state index contributed by atoms with van der Waals surface area (Å²) in [5, 5.41) is 5.09. The Bertz CT molecular complexity index is 490. The van der Waals surface area contributed by atoms with Gasteiger partial charge in [-0.15, -0.1) is 0 Å². The molecule has 0 bridgehead atoms. The molecule has 0 aromatic heterocycles. The Hall–Kier alpha value is -1.63. The number of nitrogens with zero attached hydrogens (tertiary/aromatic N) is 1. The van der Waals surface area contributed by atoms with Gasteiger partial charge in [-0.3, -0.25) is 4.79 Å². The molecule has 0 unspecified atom stereocenters. The Morgan fingerprint density at radius 2 is 2.05 bits per heavy atom. The summed E-state index contributed by atoms with van der Waals surface area (Å²) in [7, 11) is 3.12. The lowest BCUT2D eigenvalue weighted by atomic mass is 10.1. The van der Waals surface area contributed by atoms with E-state index in [4.69, 9.17) is 0 Å². The van der Waals surface area contributed by atoms with Crippen LogP contribution in [-0.2, 0) is 4.79 Å². The van der Waals surface area contributed by atoms with Crippen LogP contribution in [0.15, 0.2) is 22.7 Å². The maximum Gasteiger partial charge on any atom is 0.321 e. The molecule has 0 aliphatic carbocycles. The van der Waals surface area contributed by atoms with Gasteiger partial charge in [-0.2, -0.15) is 0 Å². The Morgan fingerprint density at radius 3 is 2.60 bits per heavy atom. The van der Waals surface area contributed by atoms with Gasteiger partial charge < -0.3 is 15.5 Å². The van der Waals surface area contributed by atoms with Crippen molar-refractivity contribution in [2.45, 2.75) is 6.92 Å². The number of rotatable bonds is 4. The minimum Gasteiger partial charge on any atom is -0.359 e. The summed E-state index contributed by atoms with van der Waals surface area (Å²) in [4.78, 5) is 24.7. The highest BCUT2D eigenvalue weighted by molar-refractivity contribution is 9.10. The van der Waals surface area contributed by atoms with Crippen molar-refractivity contribution in [2.24, 2.45) is 5.92 Å². The van der Waals surface area contributed by atoms with E-state index in [1.54, 1.807) is 27.1 Å². The van der Waals surface area contributed by atoms with E-state index in [2.05, 4.69) is 26.6 Å². The number of urea groups is 1. The first kappa shape index (κ1) is 16.4. The van der Waals surface area contributed by atoms with E-state index >= 15 is 0 Å². The summed E-state index contributed by atoms with van der Waals surface area (Å²) in [5.74, 6) is -0.913. The fourth-order valence-electron chi connectivity index (χ4n) is 1.67. The molecule has 2 N–H and O–H groups in total. The lowest BCUT2D eigenvalue weighted by Crippen LogP contribution is -2.39. The van der Waals surface area contributed by atoms with Gasteiger partial charge in [0, 0.05) is 30.8 Å². The highest BCUT2D eigenvalue weighted by Crippen LogP contribution is 2.19. The molecule has 0 saturated carbocycles. The molecule has 0 saturated heterocycles. The number of hydrogen-bond donors (Lipinski definition) is 2. The first-order chi connectivity index (χ1) is 9.33. The minimum atomic E-state index is -0.448. The molecule has 7 heteroatoms. The van der Waals surface area contributed by atoms with E-state index in [-0.39, 0.29) is 18.4 Å². The first-order valence-electron chi connectivity index (χ1n) is 6.03. The molecule has 110 valence electrons. The molecule has 1 rings (SSSR count). The predicted molar refractivity (Wildman–Crippen MR) is 79.0 cm³/mol. The fourth-order valence-corrected chi connectivity index (χ4v) is 2.13. The van der Waals surface area contributed by atoms with Crippen molar-refractivity contribution in [1.29, 1.82) is 0 Å². The molecule has 0 fully saturated rings. The van der Waals surface area contributed by atoms with Gasteiger partial charge in [0.2, 0.25) is 5.91 Å². The van der Waals surface area contributed by atoms with Gasteiger partial charge in [-0.05, 0) is 18.2 Å². The van der Waals surface area contributed by atoms with E-state index in [0.29, 0.717) is 10.2 Å². The third-order valence-corrected chi connectivity index (χ3v) is 3.16. The highest BCUT2D eigenvalue weighted by atomic mass is 79.9. The van der Waals surface area contributed by atoms with Crippen molar-refractivity contribution in [2.75, 3.05) is 26.0 Å². The molecule has 0 aliphatic heterocycles. The van der Waals surface area contributed by atoms with Gasteiger partial charge in [0.15, 0.2) is 0 Å². The van der Waals surface area contributed by atoms with Crippen molar-refractivity contribution in [3.8, 4) is 0 Å². The van der Waals surface area contributed by atoms with Gasteiger partial charge in [-0.1, -0.05) is 22.9 Å². The Kier molecular flexibility index (Phi) is 5.94. The van der Waals surface area contributed by atoms with Crippen LogP contribution in [-0.4, -0.2) is 37.5 Å². The Balaban J connectivity index is 2.63. The maximum atomic E-state index is 13.2. The second-order valence-corrected chi connectivity index (χ2v) is 5.40. The Labute approximate surface area is 125 Å². The topological polar surface area (TPSA) is 61.4 Å². The molecule has 20 heavy (non-hydrogen) atoms. The fraction of sp³-hybridized carbons (Fsp3) is 0.385. The number of hydrogen-bond acceptors (Lipinski definition) is 2. The predicted octanol–water partition coefficient (Wildman–Crippen LogP) is 2.43. The molecule has 0 heterocycles. The van der Waals surface area contributed by atoms with Crippen molar-refractivity contribution >= 4 is 33.6 Å². The summed E-state index contributed by atoms with van der Waals surface area (Å²) < 4.78 is 13.7. The number of carbonyl (C=O) groups is 2. The zero-order valence-corrected chi connectivity index (χ0v) is 13.1. The van der Waals surface area contributed by atoms with Gasteiger partial charge in [-0.25, -0.2) is 9.18 Å². The van der Waals surface area contributed by atoms with Crippen LogP contribution in [0, 0.1) is 11.7 Å². The third-order valence-electron chi connectivity index (χ3n) is 2.70. The monoisotopic (exact) mass is 345 g/mol. The summed E-state index contributed by atoms with van der Waals surface area (Å²) in [5.41, 5.74) is 0.348. The summed E-state index contributed by atoms with van der Waals surface area (Å²) >= 11 is 3.15. The van der Waals surface area contributed by atoms with E-state index in [9.17, 15) is 14.0 Å². The molecule has 5 nitrogen and oxygen atoms in total. The molecule has 0 aliphatic rings. The van der Waals surface area contributed by atoms with Crippen LogP contribution >= 0.6 is 15.9 Å². The molecule has 1 aromatic rings. The molecular weight excluding hydrogens is 329 g/mol. The van der Waals surface area contributed by atoms with Crippen LogP contribution in [0.1, 0.15) is 6.92 Å². The number of amides is 3. The highest BCUT2D eigenvalue weighted by Gasteiger charge is 2.17. The minimum absolute atomic E-state index is 0.141. The SMILES string of the molecule is CNC(=O)[C@@H](C)CN(C)C(=O)Nc1cc(F)cc(Br)c1. The zero-order chi connectivity index (χ0) is 15.3. The Morgan fingerprint density at radius 1 is 1.40 bits per heavy atom. The van der Waals surface area contributed by atoms with E-state index in [1.807, 2.05) is 0 Å². The second-order valence-electron chi connectivity index (χ2n) is 4.48. The first-order valence-corrected chi connectivity index (χ1v) is 6.82. The largest absolute Gasteiger partial charge is 0.359 e. The van der Waals surface area contributed by atoms with Crippen LogP contribution in [0.25, 0.3) is 0 Å². The van der Waals surface area contributed by atoms with Gasteiger partial charge in [0.25, 0.3) is 0 Å². The summed E-state index contributed by atoms with van der Waals surface area (Å²) in [6, 6.07) is 3.71. The molecule has 1 aromatic carbocycles. The summed E-state index contributed by atoms with van der Waals surface area (Å²) in [6.45, 7) is 1.99. The number of carbonyl (C=O) groups excluding carboxylic acids is 2. The number of anilines is 1. The van der Waals surface area contributed by atoms with Crippen LogP contribution in [0.5, 0.6) is 0 Å². The van der Waals surface area contributed by atoms with E-state index in [0.717, 1.165) is 0 Å². The number of halogens is 2. The van der Waals surface area contributed by atoms with Crippen molar-refractivity contribution in [3.05, 3.63) is 28.5 Å². The number of nitrogens with one attached hydrogen (secondary N) is 2.